The van der Waals surface area contributed by atoms with Gasteiger partial charge in [-0.2, -0.15) is 0 Å². The zero-order valence-electron chi connectivity index (χ0n) is 14.2. The highest BCUT2D eigenvalue weighted by Gasteiger charge is 2.01. The Kier molecular flexibility index (Phi) is 8.01. The minimum atomic E-state index is 1.12. The van der Waals surface area contributed by atoms with Crippen LogP contribution in [0, 0.1) is 0 Å². The third-order valence-electron chi connectivity index (χ3n) is 4.52. The Hall–Kier alpha value is -1.37. The lowest BCUT2D eigenvalue weighted by Gasteiger charge is -2.05. The van der Waals surface area contributed by atoms with Gasteiger partial charge in [-0.3, -0.25) is 4.98 Å². The van der Waals surface area contributed by atoms with Crippen molar-refractivity contribution in [2.45, 2.75) is 77.6 Å². The van der Waals surface area contributed by atoms with Gasteiger partial charge in [0.05, 0.1) is 0 Å². The zero-order valence-corrected chi connectivity index (χ0v) is 14.2. The molecule has 1 aromatic heterocycles. The summed E-state index contributed by atoms with van der Waals surface area (Å²) in [6.07, 6.45) is 17.0. The van der Waals surface area contributed by atoms with E-state index in [0.717, 1.165) is 6.42 Å². The predicted octanol–water partition coefficient (Wildman–Crippen LogP) is 6.70. The van der Waals surface area contributed by atoms with Gasteiger partial charge in [-0.05, 0) is 24.3 Å². The number of nitrogens with zero attached hydrogens (tertiary/aromatic N) is 1. The minimum Gasteiger partial charge on any atom is -0.261 e. The fraction of sp³-hybridized carbons (Fsp3) is 0.571. The lowest BCUT2D eigenvalue weighted by atomic mass is 10.0. The number of aromatic nitrogens is 1. The first-order valence-electron chi connectivity index (χ1n) is 9.24. The Bertz CT molecular complexity index is 527. The first-order chi connectivity index (χ1) is 10.9. The fourth-order valence-electron chi connectivity index (χ4n) is 3.16. The van der Waals surface area contributed by atoms with Crippen LogP contribution in [0.2, 0.25) is 0 Å². The van der Waals surface area contributed by atoms with Crippen molar-refractivity contribution in [3.63, 3.8) is 0 Å². The molecule has 0 spiro atoms. The quantitative estimate of drug-likeness (QED) is 0.421. The Morgan fingerprint density at radius 2 is 1.36 bits per heavy atom. The van der Waals surface area contributed by atoms with E-state index in [4.69, 9.17) is 0 Å². The van der Waals surface area contributed by atoms with Crippen molar-refractivity contribution in [3.8, 4) is 0 Å². The van der Waals surface area contributed by atoms with E-state index < -0.39 is 0 Å². The third kappa shape index (κ3) is 5.79. The highest BCUT2D eigenvalue weighted by atomic mass is 14.7. The maximum Gasteiger partial charge on any atom is 0.0481 e. The molecule has 2 rings (SSSR count). The van der Waals surface area contributed by atoms with E-state index in [9.17, 15) is 0 Å². The van der Waals surface area contributed by atoms with Crippen molar-refractivity contribution in [3.05, 3.63) is 42.2 Å². The molecule has 0 N–H and O–H groups in total. The van der Waals surface area contributed by atoms with Gasteiger partial charge in [-0.15, -0.1) is 0 Å². The van der Waals surface area contributed by atoms with E-state index >= 15 is 0 Å². The zero-order chi connectivity index (χ0) is 15.5. The molecule has 0 aliphatic rings. The van der Waals surface area contributed by atoms with Gasteiger partial charge >= 0.3 is 0 Å². The lowest BCUT2D eigenvalue weighted by molar-refractivity contribution is 0.556. The molecular weight excluding hydrogens is 266 g/mol. The molecule has 0 aliphatic heterocycles. The van der Waals surface area contributed by atoms with Gasteiger partial charge in [-0.1, -0.05) is 89.0 Å². The van der Waals surface area contributed by atoms with E-state index in [0.29, 0.717) is 0 Å². The summed E-state index contributed by atoms with van der Waals surface area (Å²) in [5.41, 5.74) is 1.28. The van der Waals surface area contributed by atoms with Gasteiger partial charge in [0, 0.05) is 17.3 Å². The average Bonchev–Trinajstić information content (AvgIpc) is 2.56. The molecule has 0 atom stereocenters. The van der Waals surface area contributed by atoms with E-state index in [-0.39, 0.29) is 0 Å². The number of unbranched alkanes of at least 4 members (excludes halogenated alkanes) is 9. The Morgan fingerprint density at radius 3 is 2.09 bits per heavy atom. The van der Waals surface area contributed by atoms with Crippen LogP contribution in [0.3, 0.4) is 0 Å². The maximum absolute atomic E-state index is 4.58. The number of benzene rings is 1. The molecule has 0 radical (unpaired) electrons. The highest BCUT2D eigenvalue weighted by Crippen LogP contribution is 2.18. The van der Waals surface area contributed by atoms with E-state index in [1.54, 1.807) is 0 Å². The van der Waals surface area contributed by atoms with Crippen LogP contribution in [0.15, 0.2) is 36.5 Å². The average molecular weight is 297 g/mol. The molecule has 2 aromatic rings. The van der Waals surface area contributed by atoms with Crippen molar-refractivity contribution in [2.75, 3.05) is 0 Å². The van der Waals surface area contributed by atoms with E-state index in [1.165, 1.54) is 80.7 Å². The Balaban J connectivity index is 1.59. The number of hydrogen-bond donors (Lipinski definition) is 0. The van der Waals surface area contributed by atoms with Crippen molar-refractivity contribution in [1.82, 2.24) is 4.98 Å². The molecule has 0 saturated heterocycles. The predicted molar refractivity (Wildman–Crippen MR) is 97.3 cm³/mol. The van der Waals surface area contributed by atoms with Crippen LogP contribution in [-0.4, -0.2) is 4.98 Å². The lowest BCUT2D eigenvalue weighted by Crippen LogP contribution is -1.92. The van der Waals surface area contributed by atoms with Gasteiger partial charge in [0.25, 0.3) is 0 Å². The van der Waals surface area contributed by atoms with E-state index in [2.05, 4.69) is 42.2 Å². The molecule has 0 bridgehead atoms. The number of hydrogen-bond acceptors (Lipinski definition) is 1. The summed E-state index contributed by atoms with van der Waals surface area (Å²) >= 11 is 0. The second-order valence-corrected chi connectivity index (χ2v) is 6.41. The van der Waals surface area contributed by atoms with Gasteiger partial charge in [0.2, 0.25) is 0 Å². The molecule has 0 fully saturated rings. The number of rotatable bonds is 11. The SMILES string of the molecule is CCCCCCCCCCCCc1nccc2ccccc12. The summed E-state index contributed by atoms with van der Waals surface area (Å²) in [5, 5.41) is 2.65. The van der Waals surface area contributed by atoms with Crippen LogP contribution in [-0.2, 0) is 6.42 Å². The van der Waals surface area contributed by atoms with Crippen molar-refractivity contribution in [2.24, 2.45) is 0 Å². The van der Waals surface area contributed by atoms with Crippen molar-refractivity contribution >= 4 is 10.8 Å². The molecule has 22 heavy (non-hydrogen) atoms. The van der Waals surface area contributed by atoms with Crippen LogP contribution >= 0.6 is 0 Å². The van der Waals surface area contributed by atoms with Crippen LogP contribution in [0.5, 0.6) is 0 Å². The van der Waals surface area contributed by atoms with E-state index in [1.807, 2.05) is 6.20 Å². The van der Waals surface area contributed by atoms with Crippen molar-refractivity contribution in [1.29, 1.82) is 0 Å². The summed E-state index contributed by atoms with van der Waals surface area (Å²) < 4.78 is 0. The molecule has 0 unspecified atom stereocenters. The summed E-state index contributed by atoms with van der Waals surface area (Å²) in [7, 11) is 0. The molecular formula is C21H31N. The fourth-order valence-corrected chi connectivity index (χ4v) is 3.16. The second-order valence-electron chi connectivity index (χ2n) is 6.41. The van der Waals surface area contributed by atoms with Gasteiger partial charge in [0.1, 0.15) is 0 Å². The molecule has 1 nitrogen and oxygen atoms in total. The smallest absolute Gasteiger partial charge is 0.0481 e. The normalized spacial score (nSPS) is 11.1. The standard InChI is InChI=1S/C21H31N/c1-2-3-4-5-6-7-8-9-10-11-16-21-20-15-13-12-14-19(20)17-18-22-21/h12-15,17-18H,2-11,16H2,1H3. The highest BCUT2D eigenvalue weighted by molar-refractivity contribution is 5.84. The summed E-state index contributed by atoms with van der Waals surface area (Å²) in [6.45, 7) is 2.28. The molecule has 1 heterocycles. The van der Waals surface area contributed by atoms with Gasteiger partial charge in [-0.25, -0.2) is 0 Å². The third-order valence-corrected chi connectivity index (χ3v) is 4.52. The summed E-state index contributed by atoms with van der Waals surface area (Å²) in [5.74, 6) is 0. The minimum absolute atomic E-state index is 1.12. The van der Waals surface area contributed by atoms with Gasteiger partial charge < -0.3 is 0 Å². The molecule has 1 heteroatoms. The van der Waals surface area contributed by atoms with Crippen LogP contribution < -0.4 is 0 Å². The maximum atomic E-state index is 4.58. The topological polar surface area (TPSA) is 12.9 Å². The van der Waals surface area contributed by atoms with Crippen molar-refractivity contribution < 1.29 is 0 Å². The second kappa shape index (κ2) is 10.4. The summed E-state index contributed by atoms with van der Waals surface area (Å²) in [6, 6.07) is 10.7. The molecule has 0 amide bonds. The number of aryl methyl sites for hydroxylation is 1. The molecule has 1 aromatic carbocycles. The van der Waals surface area contributed by atoms with Crippen LogP contribution in [0.1, 0.15) is 76.8 Å². The van der Waals surface area contributed by atoms with Crippen LogP contribution in [0.25, 0.3) is 10.8 Å². The first-order valence-corrected chi connectivity index (χ1v) is 9.24. The Labute approximate surface area is 136 Å². The number of fused-ring (bicyclic) bond motifs is 1. The summed E-state index contributed by atoms with van der Waals surface area (Å²) in [4.78, 5) is 4.58. The largest absolute Gasteiger partial charge is 0.261 e. The van der Waals surface area contributed by atoms with Gasteiger partial charge in [0.15, 0.2) is 0 Å². The number of pyridine rings is 1. The molecule has 0 aliphatic carbocycles. The first kappa shape index (κ1) is 17.0. The molecule has 0 saturated carbocycles. The monoisotopic (exact) mass is 297 g/mol. The Morgan fingerprint density at radius 1 is 0.727 bits per heavy atom. The van der Waals surface area contributed by atoms with Crippen LogP contribution in [0.4, 0.5) is 0 Å². The molecule has 120 valence electrons.